The van der Waals surface area contributed by atoms with Crippen LogP contribution in [-0.2, 0) is 19.5 Å². The van der Waals surface area contributed by atoms with Crippen molar-refractivity contribution in [2.75, 3.05) is 20.3 Å². The molecule has 0 unspecified atom stereocenters. The van der Waals surface area contributed by atoms with Gasteiger partial charge in [0.25, 0.3) is 5.91 Å². The Bertz CT molecular complexity index is 1170. The summed E-state index contributed by atoms with van der Waals surface area (Å²) in [7, 11) is 1.63. The lowest BCUT2D eigenvalue weighted by atomic mass is 10.1. The molecule has 3 aromatic rings. The Kier molecular flexibility index (Phi) is 6.80. The van der Waals surface area contributed by atoms with E-state index in [1.54, 1.807) is 7.11 Å². The molecule has 0 atom stereocenters. The summed E-state index contributed by atoms with van der Waals surface area (Å²) < 4.78 is 13.8. The van der Waals surface area contributed by atoms with Gasteiger partial charge < -0.3 is 18.9 Å². The van der Waals surface area contributed by atoms with Crippen LogP contribution >= 0.6 is 0 Å². The highest BCUT2D eigenvalue weighted by Gasteiger charge is 2.28. The van der Waals surface area contributed by atoms with Gasteiger partial charge in [-0.3, -0.25) is 4.79 Å². The third kappa shape index (κ3) is 5.53. The summed E-state index contributed by atoms with van der Waals surface area (Å²) in [6, 6.07) is 13.7. The van der Waals surface area contributed by atoms with Crippen molar-refractivity contribution in [2.45, 2.75) is 52.6 Å². The summed E-state index contributed by atoms with van der Waals surface area (Å²) in [6.45, 7) is 7.22. The predicted octanol–water partition coefficient (Wildman–Crippen LogP) is 5.59. The maximum Gasteiger partial charge on any atom is 0.254 e. The van der Waals surface area contributed by atoms with Gasteiger partial charge in [-0.2, -0.15) is 0 Å². The number of carbonyl (C=O) groups is 1. The van der Waals surface area contributed by atoms with Gasteiger partial charge in [-0.25, -0.2) is 4.98 Å². The number of nitrogens with zero attached hydrogens (tertiary/aromatic N) is 3. The monoisotopic (exact) mass is 473 g/mol. The van der Waals surface area contributed by atoms with Gasteiger partial charge in [-0.1, -0.05) is 19.9 Å². The van der Waals surface area contributed by atoms with E-state index in [0.717, 1.165) is 47.9 Å². The maximum atomic E-state index is 13.6. The molecule has 5 rings (SSSR count). The van der Waals surface area contributed by atoms with E-state index >= 15 is 0 Å². The molecule has 1 aliphatic heterocycles. The molecule has 0 bridgehead atoms. The van der Waals surface area contributed by atoms with Crippen LogP contribution in [-0.4, -0.2) is 40.6 Å². The number of aryl methyl sites for hydroxylation is 2. The minimum absolute atomic E-state index is 0.0250. The quantitative estimate of drug-likeness (QED) is 0.385. The van der Waals surface area contributed by atoms with E-state index in [4.69, 9.17) is 14.5 Å². The number of aromatic nitrogens is 2. The lowest BCUT2D eigenvalue weighted by molar-refractivity contribution is 0.0732. The molecule has 1 amide bonds. The van der Waals surface area contributed by atoms with Crippen LogP contribution in [0.15, 0.2) is 48.7 Å². The van der Waals surface area contributed by atoms with Crippen LogP contribution < -0.4 is 9.47 Å². The molecule has 6 heteroatoms. The van der Waals surface area contributed by atoms with E-state index in [9.17, 15) is 4.79 Å². The van der Waals surface area contributed by atoms with Gasteiger partial charge in [0.2, 0.25) is 0 Å². The molecule has 0 N–H and O–H groups in total. The second-order valence-electron chi connectivity index (χ2n) is 10.2. The highest BCUT2D eigenvalue weighted by atomic mass is 16.5. The number of carbonyl (C=O) groups excluding carboxylic acids is 1. The fraction of sp³-hybridized carbons (Fsp3) is 0.448. The Hall–Kier alpha value is -3.28. The van der Waals surface area contributed by atoms with Crippen molar-refractivity contribution in [3.63, 3.8) is 0 Å². The number of rotatable bonds is 10. The fourth-order valence-corrected chi connectivity index (χ4v) is 4.63. The Morgan fingerprint density at radius 3 is 2.80 bits per heavy atom. The molecular weight excluding hydrogens is 438 g/mol. The summed E-state index contributed by atoms with van der Waals surface area (Å²) in [4.78, 5) is 20.5. The molecule has 1 aromatic heterocycles. The van der Waals surface area contributed by atoms with Crippen molar-refractivity contribution in [1.29, 1.82) is 0 Å². The molecule has 1 aliphatic carbocycles. The molecule has 35 heavy (non-hydrogen) atoms. The first-order chi connectivity index (χ1) is 17.0. The smallest absolute Gasteiger partial charge is 0.254 e. The van der Waals surface area contributed by atoms with E-state index in [1.807, 2.05) is 35.2 Å². The van der Waals surface area contributed by atoms with E-state index < -0.39 is 0 Å². The first-order valence-corrected chi connectivity index (χ1v) is 12.8. The maximum absolute atomic E-state index is 13.6. The van der Waals surface area contributed by atoms with Gasteiger partial charge in [0.1, 0.15) is 17.3 Å². The average Bonchev–Trinajstić information content (AvgIpc) is 3.42. The number of benzene rings is 2. The number of ether oxygens (including phenoxy) is 2. The Labute approximate surface area is 207 Å². The number of amides is 1. The van der Waals surface area contributed by atoms with Crippen molar-refractivity contribution in [2.24, 2.45) is 11.8 Å². The molecule has 1 fully saturated rings. The van der Waals surface area contributed by atoms with Gasteiger partial charge >= 0.3 is 0 Å². The van der Waals surface area contributed by atoms with Crippen molar-refractivity contribution in [1.82, 2.24) is 14.5 Å². The van der Waals surface area contributed by atoms with Crippen LogP contribution in [0.5, 0.6) is 11.5 Å². The van der Waals surface area contributed by atoms with Crippen molar-refractivity contribution < 1.29 is 14.3 Å². The Balaban J connectivity index is 1.46. The van der Waals surface area contributed by atoms with Crippen LogP contribution in [0.3, 0.4) is 0 Å². The molecule has 0 saturated heterocycles. The summed E-state index contributed by atoms with van der Waals surface area (Å²) in [5.74, 6) is 3.71. The van der Waals surface area contributed by atoms with Gasteiger partial charge in [0, 0.05) is 48.9 Å². The van der Waals surface area contributed by atoms with Crippen molar-refractivity contribution in [3.05, 3.63) is 65.6 Å². The average molecular weight is 474 g/mol. The topological polar surface area (TPSA) is 56.6 Å². The Morgan fingerprint density at radius 2 is 2.06 bits per heavy atom. The van der Waals surface area contributed by atoms with Gasteiger partial charge in [0.15, 0.2) is 0 Å². The first-order valence-electron chi connectivity index (χ1n) is 12.8. The highest BCUT2D eigenvalue weighted by Crippen LogP contribution is 2.33. The standard InChI is InChI=1S/C29H35N3O3/c1-20(2)19-35-27-12-11-22(26-18-31-13-5-8-28(31)30-26)14-24(27)17-32(16-21-9-10-21)29(33)23-6-4-7-25(15-23)34-3/h4,6-7,11-12,14-15,18,20-21H,5,8-10,13,16-17,19H2,1-3H3. The second-order valence-corrected chi connectivity index (χ2v) is 10.2. The number of fused-ring (bicyclic) bond motifs is 1. The van der Waals surface area contributed by atoms with Gasteiger partial charge in [-0.15, -0.1) is 0 Å². The summed E-state index contributed by atoms with van der Waals surface area (Å²) in [6.07, 6.45) is 6.71. The zero-order valence-electron chi connectivity index (χ0n) is 21.0. The van der Waals surface area contributed by atoms with Crippen LogP contribution in [0.1, 0.15) is 54.9 Å². The van der Waals surface area contributed by atoms with Crippen LogP contribution in [0.25, 0.3) is 11.3 Å². The number of imidazole rings is 1. The summed E-state index contributed by atoms with van der Waals surface area (Å²) in [5, 5.41) is 0. The largest absolute Gasteiger partial charge is 0.497 e. The molecule has 0 radical (unpaired) electrons. The van der Waals surface area contributed by atoms with Crippen LogP contribution in [0.2, 0.25) is 0 Å². The summed E-state index contributed by atoms with van der Waals surface area (Å²) in [5.41, 5.74) is 3.73. The minimum Gasteiger partial charge on any atom is -0.497 e. The zero-order chi connectivity index (χ0) is 24.4. The number of hydrogen-bond donors (Lipinski definition) is 0. The van der Waals surface area contributed by atoms with E-state index in [1.165, 1.54) is 19.3 Å². The first kappa shape index (κ1) is 23.5. The van der Waals surface area contributed by atoms with Crippen molar-refractivity contribution in [3.8, 4) is 22.8 Å². The van der Waals surface area contributed by atoms with Gasteiger partial charge in [-0.05, 0) is 67.5 Å². The predicted molar refractivity (Wildman–Crippen MR) is 137 cm³/mol. The molecule has 2 aromatic carbocycles. The molecular formula is C29H35N3O3. The van der Waals surface area contributed by atoms with Crippen LogP contribution in [0.4, 0.5) is 0 Å². The van der Waals surface area contributed by atoms with Gasteiger partial charge in [0.05, 0.1) is 19.4 Å². The minimum atomic E-state index is 0.0250. The number of hydrogen-bond acceptors (Lipinski definition) is 4. The molecule has 184 valence electrons. The SMILES string of the molecule is COc1cccc(C(=O)N(Cc2cc(-c3cn4c(n3)CCC4)ccc2OCC(C)C)CC2CC2)c1. The molecule has 6 nitrogen and oxygen atoms in total. The Morgan fingerprint density at radius 1 is 1.20 bits per heavy atom. The third-order valence-electron chi connectivity index (χ3n) is 6.73. The lowest BCUT2D eigenvalue weighted by Crippen LogP contribution is -2.32. The highest BCUT2D eigenvalue weighted by molar-refractivity contribution is 5.94. The van der Waals surface area contributed by atoms with Crippen LogP contribution in [0, 0.1) is 11.8 Å². The zero-order valence-corrected chi connectivity index (χ0v) is 21.0. The summed E-state index contributed by atoms with van der Waals surface area (Å²) >= 11 is 0. The fourth-order valence-electron chi connectivity index (χ4n) is 4.63. The number of methoxy groups -OCH3 is 1. The van der Waals surface area contributed by atoms with E-state index in [0.29, 0.717) is 36.3 Å². The van der Waals surface area contributed by atoms with Crippen molar-refractivity contribution >= 4 is 5.91 Å². The molecule has 2 heterocycles. The third-order valence-corrected chi connectivity index (χ3v) is 6.73. The van der Waals surface area contributed by atoms with E-state index in [-0.39, 0.29) is 5.91 Å². The molecule has 0 spiro atoms. The molecule has 2 aliphatic rings. The second kappa shape index (κ2) is 10.1. The van der Waals surface area contributed by atoms with E-state index in [2.05, 4.69) is 36.7 Å². The lowest BCUT2D eigenvalue weighted by Gasteiger charge is -2.25. The normalized spacial score (nSPS) is 14.7. The molecule has 1 saturated carbocycles.